The highest BCUT2D eigenvalue weighted by Gasteiger charge is 2.27. The molecule has 26 heavy (non-hydrogen) atoms. The number of rotatable bonds is 7. The number of benzene rings is 2. The van der Waals surface area contributed by atoms with Crippen molar-refractivity contribution in [1.82, 2.24) is 10.3 Å². The van der Waals surface area contributed by atoms with E-state index < -0.39 is 12.7 Å². The van der Waals surface area contributed by atoms with Crippen LogP contribution in [0.5, 0.6) is 5.75 Å². The fraction of sp³-hybridized carbons (Fsp3) is 0.300. The van der Waals surface area contributed by atoms with Gasteiger partial charge in [-0.1, -0.05) is 30.3 Å². The molecule has 1 aromatic heterocycles. The first-order valence-corrected chi connectivity index (χ1v) is 8.47. The van der Waals surface area contributed by atoms with Crippen LogP contribution in [0.25, 0.3) is 10.9 Å². The second kappa shape index (κ2) is 7.83. The lowest BCUT2D eigenvalue weighted by Crippen LogP contribution is -2.36. The van der Waals surface area contributed by atoms with Crippen LogP contribution in [0, 0.1) is 0 Å². The smallest absolute Gasteiger partial charge is 0.401 e. The number of fused-ring (bicyclic) bond motifs is 1. The van der Waals surface area contributed by atoms with E-state index in [-0.39, 0.29) is 6.04 Å². The number of ether oxygens (including phenoxy) is 1. The molecule has 0 aliphatic carbocycles. The van der Waals surface area contributed by atoms with Gasteiger partial charge in [-0.15, -0.1) is 0 Å². The lowest BCUT2D eigenvalue weighted by Gasteiger charge is -2.15. The first kappa shape index (κ1) is 18.3. The Bertz CT molecular complexity index is 843. The van der Waals surface area contributed by atoms with Gasteiger partial charge >= 0.3 is 6.18 Å². The molecule has 1 atom stereocenters. The van der Waals surface area contributed by atoms with Gasteiger partial charge in [0.1, 0.15) is 12.4 Å². The third kappa shape index (κ3) is 5.02. The maximum atomic E-state index is 12.3. The molecule has 0 radical (unpaired) electrons. The first-order valence-electron chi connectivity index (χ1n) is 8.47. The molecule has 3 rings (SSSR count). The van der Waals surface area contributed by atoms with Crippen LogP contribution in [0.3, 0.4) is 0 Å². The predicted molar refractivity (Wildman–Crippen MR) is 96.3 cm³/mol. The molecule has 0 aliphatic heterocycles. The summed E-state index contributed by atoms with van der Waals surface area (Å²) in [6, 6.07) is 15.3. The number of halogens is 3. The Morgan fingerprint density at radius 3 is 2.62 bits per heavy atom. The van der Waals surface area contributed by atoms with Crippen LogP contribution < -0.4 is 10.1 Å². The predicted octanol–water partition coefficient (Wildman–Crippen LogP) is 4.83. The van der Waals surface area contributed by atoms with Gasteiger partial charge in [0.2, 0.25) is 0 Å². The van der Waals surface area contributed by atoms with Crippen molar-refractivity contribution >= 4 is 10.9 Å². The summed E-state index contributed by atoms with van der Waals surface area (Å²) in [6.45, 7) is 1.23. The molecule has 0 aliphatic rings. The SMILES string of the molecule is CC(Cc1c[nH]c2ccc(OCc3ccccc3)cc12)NCC(F)(F)F. The zero-order valence-corrected chi connectivity index (χ0v) is 14.4. The third-order valence-corrected chi connectivity index (χ3v) is 4.16. The second-order valence-electron chi connectivity index (χ2n) is 6.40. The van der Waals surface area contributed by atoms with E-state index in [9.17, 15) is 13.2 Å². The Hall–Kier alpha value is -2.47. The van der Waals surface area contributed by atoms with Crippen LogP contribution in [0.1, 0.15) is 18.1 Å². The molecular weight excluding hydrogens is 341 g/mol. The standard InChI is InChI=1S/C20H21F3N2O/c1-14(25-13-20(21,22)23)9-16-11-24-19-8-7-17(10-18(16)19)26-12-15-5-3-2-4-6-15/h2-8,10-11,14,24-25H,9,12-13H2,1H3. The molecule has 3 aromatic rings. The summed E-state index contributed by atoms with van der Waals surface area (Å²) in [5.74, 6) is 0.734. The number of nitrogens with one attached hydrogen (secondary N) is 2. The molecule has 0 bridgehead atoms. The second-order valence-corrected chi connectivity index (χ2v) is 6.40. The van der Waals surface area contributed by atoms with Gasteiger partial charge in [-0.05, 0) is 42.7 Å². The van der Waals surface area contributed by atoms with Crippen molar-refractivity contribution in [2.45, 2.75) is 32.2 Å². The highest BCUT2D eigenvalue weighted by molar-refractivity contribution is 5.84. The van der Waals surface area contributed by atoms with E-state index in [0.29, 0.717) is 13.0 Å². The molecule has 0 spiro atoms. The minimum atomic E-state index is -4.20. The minimum absolute atomic E-state index is 0.287. The Morgan fingerprint density at radius 1 is 1.12 bits per heavy atom. The molecule has 0 fully saturated rings. The van der Waals surface area contributed by atoms with E-state index in [4.69, 9.17) is 4.74 Å². The fourth-order valence-electron chi connectivity index (χ4n) is 2.85. The maximum Gasteiger partial charge on any atom is 0.401 e. The third-order valence-electron chi connectivity index (χ3n) is 4.16. The molecule has 0 saturated carbocycles. The Balaban J connectivity index is 1.67. The van der Waals surface area contributed by atoms with Crippen molar-refractivity contribution in [3.63, 3.8) is 0 Å². The Morgan fingerprint density at radius 2 is 1.88 bits per heavy atom. The summed E-state index contributed by atoms with van der Waals surface area (Å²) < 4.78 is 42.9. The molecular formula is C20H21F3N2O. The lowest BCUT2D eigenvalue weighted by molar-refractivity contribution is -0.126. The first-order chi connectivity index (χ1) is 12.4. The van der Waals surface area contributed by atoms with Gasteiger partial charge in [-0.3, -0.25) is 0 Å². The molecule has 1 heterocycles. The van der Waals surface area contributed by atoms with Gasteiger partial charge in [0.05, 0.1) is 6.54 Å². The molecule has 0 amide bonds. The van der Waals surface area contributed by atoms with E-state index >= 15 is 0 Å². The average Bonchev–Trinajstić information content (AvgIpc) is 3.01. The highest BCUT2D eigenvalue weighted by atomic mass is 19.4. The van der Waals surface area contributed by atoms with E-state index in [0.717, 1.165) is 27.8 Å². The number of H-pyrrole nitrogens is 1. The monoisotopic (exact) mass is 362 g/mol. The summed E-state index contributed by atoms with van der Waals surface area (Å²) >= 11 is 0. The fourth-order valence-corrected chi connectivity index (χ4v) is 2.85. The zero-order valence-electron chi connectivity index (χ0n) is 14.4. The maximum absolute atomic E-state index is 12.3. The number of aromatic amines is 1. The number of alkyl halides is 3. The average molecular weight is 362 g/mol. The molecule has 3 nitrogen and oxygen atoms in total. The Kier molecular flexibility index (Phi) is 5.52. The van der Waals surface area contributed by atoms with Gasteiger partial charge in [0, 0.05) is 23.1 Å². The van der Waals surface area contributed by atoms with Gasteiger partial charge < -0.3 is 15.0 Å². The van der Waals surface area contributed by atoms with Crippen molar-refractivity contribution in [2.75, 3.05) is 6.54 Å². The van der Waals surface area contributed by atoms with Crippen LogP contribution in [0.15, 0.2) is 54.7 Å². The summed E-state index contributed by atoms with van der Waals surface area (Å²) in [6.07, 6.45) is -1.86. The topological polar surface area (TPSA) is 37.0 Å². The van der Waals surface area contributed by atoms with Crippen LogP contribution in [0.2, 0.25) is 0 Å². The van der Waals surface area contributed by atoms with Crippen LogP contribution in [0.4, 0.5) is 13.2 Å². The molecule has 2 N–H and O–H groups in total. The van der Waals surface area contributed by atoms with Crippen molar-refractivity contribution in [3.8, 4) is 5.75 Å². The number of aromatic nitrogens is 1. The van der Waals surface area contributed by atoms with E-state index in [2.05, 4.69) is 10.3 Å². The molecule has 138 valence electrons. The number of hydrogen-bond acceptors (Lipinski definition) is 2. The molecule has 6 heteroatoms. The Labute approximate surface area is 150 Å². The largest absolute Gasteiger partial charge is 0.489 e. The van der Waals surface area contributed by atoms with Gasteiger partial charge in [0.15, 0.2) is 0 Å². The highest BCUT2D eigenvalue weighted by Crippen LogP contribution is 2.25. The van der Waals surface area contributed by atoms with Gasteiger partial charge in [0.25, 0.3) is 0 Å². The normalized spacial score (nSPS) is 13.1. The van der Waals surface area contributed by atoms with E-state index in [1.54, 1.807) is 6.92 Å². The van der Waals surface area contributed by atoms with Crippen molar-refractivity contribution in [3.05, 3.63) is 65.9 Å². The quantitative estimate of drug-likeness (QED) is 0.632. The summed E-state index contributed by atoms with van der Waals surface area (Å²) in [4.78, 5) is 3.16. The molecule has 2 aromatic carbocycles. The number of hydrogen-bond donors (Lipinski definition) is 2. The van der Waals surface area contributed by atoms with E-state index in [1.807, 2.05) is 54.7 Å². The van der Waals surface area contributed by atoms with E-state index in [1.165, 1.54) is 0 Å². The van der Waals surface area contributed by atoms with Gasteiger partial charge in [-0.25, -0.2) is 0 Å². The van der Waals surface area contributed by atoms with Gasteiger partial charge in [-0.2, -0.15) is 13.2 Å². The van der Waals surface area contributed by atoms with Crippen molar-refractivity contribution in [1.29, 1.82) is 0 Å². The van der Waals surface area contributed by atoms with Crippen LogP contribution in [-0.4, -0.2) is 23.7 Å². The zero-order chi connectivity index (χ0) is 18.6. The van der Waals surface area contributed by atoms with Crippen molar-refractivity contribution in [2.24, 2.45) is 0 Å². The lowest BCUT2D eigenvalue weighted by atomic mass is 10.1. The molecule has 0 saturated heterocycles. The summed E-state index contributed by atoms with van der Waals surface area (Å²) in [5, 5.41) is 3.49. The summed E-state index contributed by atoms with van der Waals surface area (Å²) in [7, 11) is 0. The van der Waals surface area contributed by atoms with Crippen LogP contribution in [-0.2, 0) is 13.0 Å². The van der Waals surface area contributed by atoms with Crippen LogP contribution >= 0.6 is 0 Å². The molecule has 1 unspecified atom stereocenters. The van der Waals surface area contributed by atoms with Crippen molar-refractivity contribution < 1.29 is 17.9 Å². The minimum Gasteiger partial charge on any atom is -0.489 e. The summed E-state index contributed by atoms with van der Waals surface area (Å²) in [5.41, 5.74) is 2.98.